The van der Waals surface area contributed by atoms with Crippen LogP contribution in [0.2, 0.25) is 0 Å². The Morgan fingerprint density at radius 2 is 0.750 bits per heavy atom. The molecule has 0 saturated carbocycles. The summed E-state index contributed by atoms with van der Waals surface area (Å²) in [6, 6.07) is 24.9. The van der Waals surface area contributed by atoms with E-state index >= 15 is 0 Å². The fraction of sp³-hybridized carbons (Fsp3) is 0.143. The monoisotopic (exact) mass is 528 g/mol. The molecule has 28 heavy (non-hydrogen) atoms. The van der Waals surface area contributed by atoms with Crippen molar-refractivity contribution in [3.63, 3.8) is 0 Å². The van der Waals surface area contributed by atoms with Crippen LogP contribution in [0.25, 0.3) is 0 Å². The van der Waals surface area contributed by atoms with Gasteiger partial charge in [-0.2, -0.15) is 0 Å². The van der Waals surface area contributed by atoms with Crippen molar-refractivity contribution in [2.75, 3.05) is 21.3 Å². The van der Waals surface area contributed by atoms with Gasteiger partial charge >= 0.3 is 35.0 Å². The van der Waals surface area contributed by atoms with Crippen LogP contribution in [-0.2, 0) is 15.9 Å². The van der Waals surface area contributed by atoms with Gasteiger partial charge in [0.1, 0.15) is 17.2 Å². The quantitative estimate of drug-likeness (QED) is 0.338. The van der Waals surface area contributed by atoms with E-state index in [0.717, 1.165) is 17.2 Å². The van der Waals surface area contributed by atoms with Crippen LogP contribution in [0.4, 0.5) is 0 Å². The van der Waals surface area contributed by atoms with Crippen LogP contribution in [0.5, 0.6) is 17.2 Å². The van der Waals surface area contributed by atoms with Gasteiger partial charge in [0.25, 0.3) is 0 Å². The van der Waals surface area contributed by atoms with E-state index in [1.807, 2.05) is 36.4 Å². The van der Waals surface area contributed by atoms with Gasteiger partial charge in [-0.1, -0.05) is 36.4 Å². The Balaban J connectivity index is 0.000000878. The van der Waals surface area contributed by atoms with E-state index < -0.39 is 7.92 Å². The molecule has 0 aliphatic rings. The molecular formula is C21H21Cl2O3PPd. The van der Waals surface area contributed by atoms with Crippen molar-refractivity contribution in [3.05, 3.63) is 72.8 Å². The first kappa shape index (κ1) is 23.0. The van der Waals surface area contributed by atoms with Crippen LogP contribution in [0.3, 0.4) is 0 Å². The summed E-state index contributed by atoms with van der Waals surface area (Å²) in [5.41, 5.74) is 0. The molecule has 0 bridgehead atoms. The second-order valence-corrected chi connectivity index (χ2v) is 10.1. The van der Waals surface area contributed by atoms with E-state index in [9.17, 15) is 0 Å². The van der Waals surface area contributed by atoms with Crippen LogP contribution in [0.1, 0.15) is 0 Å². The molecule has 3 aromatic carbocycles. The van der Waals surface area contributed by atoms with E-state index in [1.54, 1.807) is 21.3 Å². The SMILES string of the molecule is COc1ccc(P(c2ccc(OC)cc2)c2ccc(OC)cc2)cc1.[Cl][Pd][Cl]. The number of rotatable bonds is 6. The average molecular weight is 530 g/mol. The van der Waals surface area contributed by atoms with Gasteiger partial charge in [-0.05, 0) is 60.2 Å². The van der Waals surface area contributed by atoms with Crippen LogP contribution in [0, 0.1) is 0 Å². The van der Waals surface area contributed by atoms with Gasteiger partial charge in [-0.25, -0.2) is 0 Å². The Hall–Kier alpha value is -1.27. The molecule has 3 nitrogen and oxygen atoms in total. The standard InChI is InChI=1S/C21H21O3P.2ClH.Pd/c1-22-16-4-10-19(11-5-16)25(20-12-6-17(23-2)7-13-20)21-14-8-18(24-3)9-15-21;;;/h4-15H,1-3H3;2*1H;/q;;;+2/p-2. The summed E-state index contributed by atoms with van der Waals surface area (Å²) in [5, 5.41) is 3.81. The Bertz CT molecular complexity index is 715. The zero-order chi connectivity index (χ0) is 20.4. The van der Waals surface area contributed by atoms with E-state index in [1.165, 1.54) is 15.9 Å². The zero-order valence-corrected chi connectivity index (χ0v) is 19.6. The Morgan fingerprint density at radius 1 is 0.536 bits per heavy atom. The van der Waals surface area contributed by atoms with Crippen molar-refractivity contribution >= 4 is 42.9 Å². The molecule has 0 amide bonds. The minimum absolute atomic E-state index is 0.106. The summed E-state index contributed by atoms with van der Waals surface area (Å²) in [6.45, 7) is 0. The van der Waals surface area contributed by atoms with E-state index in [2.05, 4.69) is 36.4 Å². The van der Waals surface area contributed by atoms with Crippen molar-refractivity contribution < 1.29 is 30.2 Å². The number of hydrogen-bond donors (Lipinski definition) is 0. The van der Waals surface area contributed by atoms with Gasteiger partial charge in [0.15, 0.2) is 0 Å². The van der Waals surface area contributed by atoms with Crippen LogP contribution in [0.15, 0.2) is 72.8 Å². The molecule has 0 fully saturated rings. The molecule has 0 spiro atoms. The molecule has 0 heterocycles. The van der Waals surface area contributed by atoms with Crippen LogP contribution < -0.4 is 30.1 Å². The first-order valence-electron chi connectivity index (χ1n) is 8.21. The first-order valence-corrected chi connectivity index (χ1v) is 13.6. The number of methoxy groups -OCH3 is 3. The normalized spacial score (nSPS) is 10.2. The third kappa shape index (κ3) is 6.38. The Kier molecular flexibility index (Phi) is 10.1. The van der Waals surface area contributed by atoms with Crippen LogP contribution >= 0.6 is 27.0 Å². The average Bonchev–Trinajstić information content (AvgIpc) is 2.76. The predicted octanol–water partition coefficient (Wildman–Crippen LogP) is 4.85. The Morgan fingerprint density at radius 3 is 0.929 bits per heavy atom. The molecule has 3 rings (SSSR count). The summed E-state index contributed by atoms with van der Waals surface area (Å²) in [5.74, 6) is 2.59. The molecule has 152 valence electrons. The zero-order valence-electron chi connectivity index (χ0n) is 15.7. The molecule has 0 N–H and O–H groups in total. The second-order valence-electron chi connectivity index (χ2n) is 5.47. The topological polar surface area (TPSA) is 27.7 Å². The molecule has 0 aromatic heterocycles. The molecule has 0 radical (unpaired) electrons. The maximum absolute atomic E-state index is 5.30. The van der Waals surface area contributed by atoms with Gasteiger partial charge < -0.3 is 14.2 Å². The molecule has 0 atom stereocenters. The summed E-state index contributed by atoms with van der Waals surface area (Å²) in [7, 11) is 14.0. The van der Waals surface area contributed by atoms with E-state index in [-0.39, 0.29) is 15.9 Å². The molecular weight excluding hydrogens is 509 g/mol. The molecule has 0 saturated heterocycles. The third-order valence-electron chi connectivity index (χ3n) is 3.99. The molecule has 7 heteroatoms. The number of hydrogen-bond acceptors (Lipinski definition) is 3. The summed E-state index contributed by atoms with van der Waals surface area (Å²) < 4.78 is 15.9. The molecule has 0 aliphatic carbocycles. The predicted molar refractivity (Wildman–Crippen MR) is 117 cm³/mol. The fourth-order valence-corrected chi connectivity index (χ4v) is 4.88. The van der Waals surface area contributed by atoms with E-state index in [0.29, 0.717) is 0 Å². The van der Waals surface area contributed by atoms with Crippen molar-refractivity contribution in [3.8, 4) is 17.2 Å². The molecule has 0 aliphatic heterocycles. The van der Waals surface area contributed by atoms with Gasteiger partial charge in [-0.15, -0.1) is 0 Å². The first-order chi connectivity index (χ1) is 13.7. The van der Waals surface area contributed by atoms with Crippen molar-refractivity contribution in [2.24, 2.45) is 0 Å². The number of ether oxygens (including phenoxy) is 3. The fourth-order valence-electron chi connectivity index (χ4n) is 2.64. The summed E-state index contributed by atoms with van der Waals surface area (Å²) in [4.78, 5) is 0. The summed E-state index contributed by atoms with van der Waals surface area (Å²) >= 11 is -0.106. The van der Waals surface area contributed by atoms with Crippen LogP contribution in [-0.4, -0.2) is 21.3 Å². The van der Waals surface area contributed by atoms with Crippen molar-refractivity contribution in [2.45, 2.75) is 0 Å². The molecule has 0 unspecified atom stereocenters. The van der Waals surface area contributed by atoms with Crippen molar-refractivity contribution in [1.29, 1.82) is 0 Å². The van der Waals surface area contributed by atoms with Gasteiger partial charge in [0.2, 0.25) is 0 Å². The Labute approximate surface area is 183 Å². The summed E-state index contributed by atoms with van der Waals surface area (Å²) in [6.07, 6.45) is 0. The number of halogens is 2. The maximum atomic E-state index is 5.30. The minimum atomic E-state index is -0.665. The second kappa shape index (κ2) is 12.3. The van der Waals surface area contributed by atoms with Gasteiger partial charge in [-0.3, -0.25) is 0 Å². The van der Waals surface area contributed by atoms with E-state index in [4.69, 9.17) is 33.3 Å². The number of benzene rings is 3. The van der Waals surface area contributed by atoms with Gasteiger partial charge in [0.05, 0.1) is 21.3 Å². The van der Waals surface area contributed by atoms with Crippen molar-refractivity contribution in [1.82, 2.24) is 0 Å². The van der Waals surface area contributed by atoms with Gasteiger partial charge in [0, 0.05) is 0 Å². The third-order valence-corrected chi connectivity index (χ3v) is 6.44. The molecule has 3 aromatic rings.